The van der Waals surface area contributed by atoms with Gasteiger partial charge in [0.2, 0.25) is 11.8 Å². The Balaban J connectivity index is 0.786. The minimum absolute atomic E-state index is 0.119. The maximum atomic E-state index is 13.2. The van der Waals surface area contributed by atoms with Gasteiger partial charge in [-0.3, -0.25) is 24.6 Å². The number of piperazine rings is 1. The quantitative estimate of drug-likeness (QED) is 0.147. The Labute approximate surface area is 329 Å². The fraction of sp³-hybridized carbons (Fsp3) is 0.383. The van der Waals surface area contributed by atoms with Gasteiger partial charge in [0.1, 0.15) is 11.8 Å². The summed E-state index contributed by atoms with van der Waals surface area (Å²) in [6.07, 6.45) is 6.60. The van der Waals surface area contributed by atoms with Crippen LogP contribution in [-0.4, -0.2) is 84.0 Å². The molecule has 0 aromatic heterocycles. The van der Waals surface area contributed by atoms with Crippen molar-refractivity contribution in [2.45, 2.75) is 70.5 Å². The van der Waals surface area contributed by atoms with Crippen LogP contribution in [0, 0.1) is 5.41 Å². The number of rotatable bonds is 8. The number of phenolic OH excluding ortho intramolecular Hbond substituents is 1. The molecule has 1 atom stereocenters. The standard InChI is InChI=1S/C47H51N5O4/c1-2-40(32-6-4-3-5-7-32)44(34-10-15-39(53)16-11-34)33-8-12-36(13-9-33)49-22-20-47(21-23-49)29-38(30-47)51-26-24-50(25-27-51)37-14-17-41-35(28-37)31-52(46(41)56)42-18-19-43(54)48-45(42)55/h3-17,28,38,42,53H,2,18-27,29-31H2,1H3,(H,48,54,55). The molecule has 2 N–H and O–H groups in total. The number of hydrogen-bond donors (Lipinski definition) is 2. The number of aromatic hydroxyl groups is 1. The first kappa shape index (κ1) is 36.2. The molecule has 56 heavy (non-hydrogen) atoms. The molecule has 4 aromatic rings. The minimum Gasteiger partial charge on any atom is -0.508 e. The molecule has 1 spiro atoms. The molecule has 9 rings (SSSR count). The van der Waals surface area contributed by atoms with Gasteiger partial charge >= 0.3 is 0 Å². The van der Waals surface area contributed by atoms with Gasteiger partial charge in [0, 0.05) is 75.2 Å². The van der Waals surface area contributed by atoms with Crippen LogP contribution in [-0.2, 0) is 16.1 Å². The number of allylic oxidation sites excluding steroid dienone is 1. The Hall–Kier alpha value is -5.41. The second-order valence-electron chi connectivity index (χ2n) is 16.5. The molecule has 4 heterocycles. The number of carbonyl (C=O) groups excluding carboxylic acids is 3. The van der Waals surface area contributed by atoms with E-state index in [4.69, 9.17) is 0 Å². The van der Waals surface area contributed by atoms with Gasteiger partial charge in [-0.05, 0) is 120 Å². The lowest BCUT2D eigenvalue weighted by Crippen LogP contribution is -2.59. The average Bonchev–Trinajstić information content (AvgIpc) is 3.54. The summed E-state index contributed by atoms with van der Waals surface area (Å²) in [5.74, 6) is -0.476. The largest absolute Gasteiger partial charge is 0.508 e. The number of anilines is 2. The van der Waals surface area contributed by atoms with Gasteiger partial charge in [-0.2, -0.15) is 0 Å². The lowest BCUT2D eigenvalue weighted by Gasteiger charge is -2.56. The molecule has 0 radical (unpaired) electrons. The first-order chi connectivity index (χ1) is 27.3. The molecule has 4 fully saturated rings. The monoisotopic (exact) mass is 749 g/mol. The Morgan fingerprint density at radius 1 is 0.750 bits per heavy atom. The summed E-state index contributed by atoms with van der Waals surface area (Å²) in [7, 11) is 0. The zero-order chi connectivity index (χ0) is 38.4. The lowest BCUT2D eigenvalue weighted by atomic mass is 9.60. The Morgan fingerprint density at radius 3 is 2.05 bits per heavy atom. The fourth-order valence-corrected chi connectivity index (χ4v) is 10.1. The third kappa shape index (κ3) is 6.87. The lowest BCUT2D eigenvalue weighted by molar-refractivity contribution is -0.136. The number of benzene rings is 4. The zero-order valence-corrected chi connectivity index (χ0v) is 32.3. The van der Waals surface area contributed by atoms with Crippen LogP contribution in [0.4, 0.5) is 11.4 Å². The molecule has 3 amide bonds. The van der Waals surface area contributed by atoms with Crippen molar-refractivity contribution in [2.24, 2.45) is 5.41 Å². The molecule has 1 unspecified atom stereocenters. The van der Waals surface area contributed by atoms with Gasteiger partial charge in [0.25, 0.3) is 5.91 Å². The smallest absolute Gasteiger partial charge is 0.255 e. The highest BCUT2D eigenvalue weighted by atomic mass is 16.3. The van der Waals surface area contributed by atoms with E-state index in [1.165, 1.54) is 53.6 Å². The van der Waals surface area contributed by atoms with E-state index in [1.54, 1.807) is 17.0 Å². The average molecular weight is 750 g/mol. The third-order valence-electron chi connectivity index (χ3n) is 13.3. The van der Waals surface area contributed by atoms with Gasteiger partial charge < -0.3 is 19.8 Å². The maximum Gasteiger partial charge on any atom is 0.255 e. The van der Waals surface area contributed by atoms with E-state index in [-0.39, 0.29) is 29.9 Å². The van der Waals surface area contributed by atoms with Gasteiger partial charge in [0.15, 0.2) is 0 Å². The second-order valence-corrected chi connectivity index (χ2v) is 16.5. The molecule has 0 bridgehead atoms. The van der Waals surface area contributed by atoms with Crippen LogP contribution in [0.25, 0.3) is 11.1 Å². The fourth-order valence-electron chi connectivity index (χ4n) is 10.1. The number of hydrogen-bond acceptors (Lipinski definition) is 7. The summed E-state index contributed by atoms with van der Waals surface area (Å²) < 4.78 is 0. The van der Waals surface area contributed by atoms with E-state index < -0.39 is 6.04 Å². The Kier molecular flexibility index (Phi) is 9.65. The Morgan fingerprint density at radius 2 is 1.39 bits per heavy atom. The molecular formula is C47H51N5O4. The number of piperidine rings is 2. The first-order valence-corrected chi connectivity index (χ1v) is 20.5. The van der Waals surface area contributed by atoms with Crippen LogP contribution in [0.2, 0.25) is 0 Å². The summed E-state index contributed by atoms with van der Waals surface area (Å²) in [6.45, 7) is 8.82. The summed E-state index contributed by atoms with van der Waals surface area (Å²) >= 11 is 0. The predicted octanol–water partition coefficient (Wildman–Crippen LogP) is 7.09. The zero-order valence-electron chi connectivity index (χ0n) is 32.3. The van der Waals surface area contributed by atoms with E-state index in [1.807, 2.05) is 18.2 Å². The van der Waals surface area contributed by atoms with Gasteiger partial charge in [-0.25, -0.2) is 0 Å². The molecule has 1 saturated carbocycles. The number of nitrogens with zero attached hydrogens (tertiary/aromatic N) is 4. The number of amides is 3. The highest BCUT2D eigenvalue weighted by Gasteiger charge is 2.48. The normalized spacial score (nSPS) is 21.8. The van der Waals surface area contributed by atoms with Crippen molar-refractivity contribution < 1.29 is 19.5 Å². The van der Waals surface area contributed by atoms with Gasteiger partial charge in [-0.1, -0.05) is 61.5 Å². The van der Waals surface area contributed by atoms with E-state index in [0.717, 1.165) is 62.5 Å². The Bertz CT molecular complexity index is 2140. The maximum absolute atomic E-state index is 13.2. The number of phenols is 1. The van der Waals surface area contributed by atoms with Crippen LogP contribution in [0.1, 0.15) is 84.5 Å². The number of carbonyl (C=O) groups is 3. The summed E-state index contributed by atoms with van der Waals surface area (Å²) in [6, 6.07) is 33.5. The summed E-state index contributed by atoms with van der Waals surface area (Å²) in [5.41, 5.74) is 10.6. The van der Waals surface area contributed by atoms with Gasteiger partial charge in [0.05, 0.1) is 0 Å². The number of fused-ring (bicyclic) bond motifs is 1. The van der Waals surface area contributed by atoms with Crippen molar-refractivity contribution in [2.75, 3.05) is 49.1 Å². The van der Waals surface area contributed by atoms with Crippen LogP contribution >= 0.6 is 0 Å². The van der Waals surface area contributed by atoms with Crippen molar-refractivity contribution >= 4 is 40.2 Å². The molecule has 9 heteroatoms. The molecule has 3 saturated heterocycles. The topological polar surface area (TPSA) is 96.4 Å². The third-order valence-corrected chi connectivity index (χ3v) is 13.3. The molecule has 288 valence electrons. The van der Waals surface area contributed by atoms with Crippen molar-refractivity contribution in [3.05, 3.63) is 125 Å². The summed E-state index contributed by atoms with van der Waals surface area (Å²) in [5, 5.41) is 12.4. The van der Waals surface area contributed by atoms with Crippen molar-refractivity contribution in [3.8, 4) is 5.75 Å². The van der Waals surface area contributed by atoms with E-state index >= 15 is 0 Å². The molecular weight excluding hydrogens is 699 g/mol. The van der Waals surface area contributed by atoms with Gasteiger partial charge in [-0.15, -0.1) is 0 Å². The van der Waals surface area contributed by atoms with E-state index in [2.05, 4.69) is 93.7 Å². The molecule has 4 aliphatic heterocycles. The van der Waals surface area contributed by atoms with Crippen molar-refractivity contribution in [3.63, 3.8) is 0 Å². The van der Waals surface area contributed by atoms with Crippen LogP contribution in [0.15, 0.2) is 97.1 Å². The SMILES string of the molecule is CCC(=C(c1ccc(O)cc1)c1ccc(N2CCC3(CC2)CC(N2CCN(c4ccc5c(c4)CN(C4CCC(=O)NC4=O)C5=O)CC2)C3)cc1)c1ccccc1. The van der Waals surface area contributed by atoms with Crippen LogP contribution in [0.3, 0.4) is 0 Å². The van der Waals surface area contributed by atoms with Crippen LogP contribution in [0.5, 0.6) is 5.75 Å². The first-order valence-electron chi connectivity index (χ1n) is 20.5. The number of imide groups is 1. The van der Waals surface area contributed by atoms with E-state index in [9.17, 15) is 19.5 Å². The highest BCUT2D eigenvalue weighted by Crippen LogP contribution is 2.51. The minimum atomic E-state index is -0.585. The second kappa shape index (κ2) is 14.9. The number of nitrogens with one attached hydrogen (secondary N) is 1. The molecule has 5 aliphatic rings. The molecule has 9 nitrogen and oxygen atoms in total. The van der Waals surface area contributed by atoms with Crippen molar-refractivity contribution in [1.82, 2.24) is 15.1 Å². The molecule has 1 aliphatic carbocycles. The highest BCUT2D eigenvalue weighted by molar-refractivity contribution is 6.05. The van der Waals surface area contributed by atoms with E-state index in [0.29, 0.717) is 30.0 Å². The van der Waals surface area contributed by atoms with Crippen LogP contribution < -0.4 is 15.1 Å². The van der Waals surface area contributed by atoms with Crippen molar-refractivity contribution in [1.29, 1.82) is 0 Å². The molecule has 4 aromatic carbocycles. The predicted molar refractivity (Wildman–Crippen MR) is 220 cm³/mol. The summed E-state index contributed by atoms with van der Waals surface area (Å²) in [4.78, 5) is 46.6.